The number of hydrogen-bond donors (Lipinski definition) is 0. The molecule has 0 aromatic rings. The van der Waals surface area contributed by atoms with Crippen LogP contribution in [0.2, 0.25) is 0 Å². The summed E-state index contributed by atoms with van der Waals surface area (Å²) in [5.41, 5.74) is 0. The Labute approximate surface area is 113 Å². The van der Waals surface area contributed by atoms with Gasteiger partial charge in [-0.15, -0.1) is 0 Å². The van der Waals surface area contributed by atoms with Crippen LogP contribution in [-0.2, 0) is 14.3 Å². The molecule has 2 fully saturated rings. The number of nitrogens with zero attached hydrogens (tertiary/aromatic N) is 1. The average Bonchev–Trinajstić information content (AvgIpc) is 3.04. The fourth-order valence-corrected chi connectivity index (χ4v) is 3.01. The summed E-state index contributed by atoms with van der Waals surface area (Å²) in [6, 6.07) is 0. The monoisotopic (exact) mass is 267 g/mol. The maximum Gasteiger partial charge on any atom is 0.410 e. The summed E-state index contributed by atoms with van der Waals surface area (Å²) in [5, 5.41) is 0. The number of likely N-dealkylation sites (tertiary alicyclic amines) is 1. The first kappa shape index (κ1) is 14.0. The third kappa shape index (κ3) is 3.14. The number of aldehydes is 2. The highest BCUT2D eigenvalue weighted by Crippen LogP contribution is 2.32. The zero-order valence-corrected chi connectivity index (χ0v) is 11.3. The average molecular weight is 267 g/mol. The lowest BCUT2D eigenvalue weighted by Gasteiger charge is -2.19. The van der Waals surface area contributed by atoms with E-state index in [0.29, 0.717) is 18.8 Å². The third-order valence-electron chi connectivity index (χ3n) is 4.36. The van der Waals surface area contributed by atoms with Gasteiger partial charge in [0.05, 0.1) is 0 Å². The van der Waals surface area contributed by atoms with E-state index in [0.717, 1.165) is 38.5 Å². The Kier molecular flexibility index (Phi) is 4.56. The second-order valence-electron chi connectivity index (χ2n) is 5.59. The van der Waals surface area contributed by atoms with Crippen molar-refractivity contribution in [3.63, 3.8) is 0 Å². The molecule has 1 saturated heterocycles. The molecule has 0 radical (unpaired) electrons. The molecule has 0 aromatic carbocycles. The van der Waals surface area contributed by atoms with Crippen molar-refractivity contribution in [3.8, 4) is 0 Å². The van der Waals surface area contributed by atoms with Crippen molar-refractivity contribution in [1.82, 2.24) is 4.90 Å². The van der Waals surface area contributed by atoms with E-state index in [2.05, 4.69) is 6.92 Å². The molecule has 5 heteroatoms. The van der Waals surface area contributed by atoms with Gasteiger partial charge in [0.25, 0.3) is 0 Å². The molecule has 3 atom stereocenters. The summed E-state index contributed by atoms with van der Waals surface area (Å²) in [5.74, 6) is -0.0175. The van der Waals surface area contributed by atoms with Crippen LogP contribution in [0.4, 0.5) is 4.79 Å². The van der Waals surface area contributed by atoms with E-state index < -0.39 is 0 Å². The number of hydrogen-bond acceptors (Lipinski definition) is 4. The topological polar surface area (TPSA) is 63.7 Å². The van der Waals surface area contributed by atoms with Gasteiger partial charge in [-0.1, -0.05) is 13.3 Å². The molecule has 0 N–H and O–H groups in total. The standard InChI is InChI=1S/C14H21NO4/c1-2-10-3-4-15(7-10)14(18)19-13-5-11(8-16)12(6-13)9-17/h8-13H,2-7H2,1H3. The van der Waals surface area contributed by atoms with Crippen LogP contribution in [0.25, 0.3) is 0 Å². The Morgan fingerprint density at radius 2 is 1.89 bits per heavy atom. The van der Waals surface area contributed by atoms with E-state index in [-0.39, 0.29) is 24.0 Å². The predicted octanol–water partition coefficient (Wildman–Crippen LogP) is 1.65. The molecule has 2 rings (SSSR count). The SMILES string of the molecule is CCC1CCN(C(=O)OC2CC(C=O)C(C=O)C2)C1. The minimum Gasteiger partial charge on any atom is -0.446 e. The van der Waals surface area contributed by atoms with Crippen LogP contribution in [0.5, 0.6) is 0 Å². The first-order valence-corrected chi connectivity index (χ1v) is 7.04. The second kappa shape index (κ2) is 6.17. The van der Waals surface area contributed by atoms with Gasteiger partial charge in [-0.3, -0.25) is 0 Å². The summed E-state index contributed by atoms with van der Waals surface area (Å²) in [7, 11) is 0. The molecule has 0 aromatic heterocycles. The van der Waals surface area contributed by atoms with Crippen LogP contribution in [-0.4, -0.2) is 42.8 Å². The van der Waals surface area contributed by atoms with Crippen molar-refractivity contribution in [1.29, 1.82) is 0 Å². The summed E-state index contributed by atoms with van der Waals surface area (Å²) in [6.07, 6.45) is 4.08. The van der Waals surface area contributed by atoms with Crippen molar-refractivity contribution < 1.29 is 19.1 Å². The summed E-state index contributed by atoms with van der Waals surface area (Å²) in [6.45, 7) is 3.63. The molecule has 1 saturated carbocycles. The fourth-order valence-electron chi connectivity index (χ4n) is 3.01. The maximum absolute atomic E-state index is 12.0. The molecular formula is C14H21NO4. The van der Waals surface area contributed by atoms with Gasteiger partial charge in [-0.2, -0.15) is 0 Å². The maximum atomic E-state index is 12.0. The third-order valence-corrected chi connectivity index (χ3v) is 4.36. The summed E-state index contributed by atoms with van der Waals surface area (Å²) < 4.78 is 5.42. The minimum absolute atomic E-state index is 0.293. The summed E-state index contributed by atoms with van der Waals surface area (Å²) >= 11 is 0. The summed E-state index contributed by atoms with van der Waals surface area (Å²) in [4.78, 5) is 35.4. The smallest absolute Gasteiger partial charge is 0.410 e. The van der Waals surface area contributed by atoms with E-state index >= 15 is 0 Å². The van der Waals surface area contributed by atoms with Gasteiger partial charge in [0, 0.05) is 24.9 Å². The van der Waals surface area contributed by atoms with Crippen LogP contribution in [0.1, 0.15) is 32.6 Å². The van der Waals surface area contributed by atoms with Crippen LogP contribution < -0.4 is 0 Å². The number of ether oxygens (including phenoxy) is 1. The van der Waals surface area contributed by atoms with E-state index in [9.17, 15) is 14.4 Å². The Morgan fingerprint density at radius 1 is 1.26 bits per heavy atom. The van der Waals surface area contributed by atoms with Crippen molar-refractivity contribution in [2.45, 2.75) is 38.7 Å². The van der Waals surface area contributed by atoms with Crippen LogP contribution in [0.3, 0.4) is 0 Å². The Balaban J connectivity index is 1.83. The van der Waals surface area contributed by atoms with E-state index in [1.54, 1.807) is 4.90 Å². The fraction of sp³-hybridized carbons (Fsp3) is 0.786. The Hall–Kier alpha value is -1.39. The largest absolute Gasteiger partial charge is 0.446 e. The van der Waals surface area contributed by atoms with Gasteiger partial charge in [-0.05, 0) is 25.2 Å². The van der Waals surface area contributed by atoms with E-state index in [1.807, 2.05) is 0 Å². The predicted molar refractivity (Wildman–Crippen MR) is 68.6 cm³/mol. The van der Waals surface area contributed by atoms with Gasteiger partial charge in [0.1, 0.15) is 18.7 Å². The van der Waals surface area contributed by atoms with Gasteiger partial charge in [0.15, 0.2) is 0 Å². The number of amides is 1. The zero-order valence-electron chi connectivity index (χ0n) is 11.3. The van der Waals surface area contributed by atoms with E-state index in [4.69, 9.17) is 4.74 Å². The molecule has 3 unspecified atom stereocenters. The van der Waals surface area contributed by atoms with Crippen molar-refractivity contribution in [2.24, 2.45) is 17.8 Å². The molecule has 19 heavy (non-hydrogen) atoms. The number of carbonyl (C=O) groups is 3. The molecule has 5 nitrogen and oxygen atoms in total. The first-order chi connectivity index (χ1) is 9.17. The molecule has 1 aliphatic heterocycles. The number of carbonyl (C=O) groups excluding carboxylic acids is 3. The normalized spacial score (nSPS) is 34.3. The van der Waals surface area contributed by atoms with Crippen molar-refractivity contribution in [2.75, 3.05) is 13.1 Å². The lowest BCUT2D eigenvalue weighted by atomic mass is 10.00. The molecular weight excluding hydrogens is 246 g/mol. The molecule has 2 aliphatic rings. The van der Waals surface area contributed by atoms with Gasteiger partial charge >= 0.3 is 6.09 Å². The van der Waals surface area contributed by atoms with Gasteiger partial charge < -0.3 is 19.2 Å². The molecule has 0 spiro atoms. The molecule has 1 aliphatic carbocycles. The van der Waals surface area contributed by atoms with Crippen LogP contribution in [0, 0.1) is 17.8 Å². The van der Waals surface area contributed by atoms with Crippen molar-refractivity contribution in [3.05, 3.63) is 0 Å². The quantitative estimate of drug-likeness (QED) is 0.726. The molecule has 1 heterocycles. The lowest BCUT2D eigenvalue weighted by Crippen LogP contribution is -2.32. The van der Waals surface area contributed by atoms with Gasteiger partial charge in [0.2, 0.25) is 0 Å². The highest BCUT2D eigenvalue weighted by Gasteiger charge is 2.37. The Bertz CT molecular complexity index is 341. The Morgan fingerprint density at radius 3 is 2.37 bits per heavy atom. The molecule has 1 amide bonds. The van der Waals surface area contributed by atoms with Crippen LogP contribution >= 0.6 is 0 Å². The minimum atomic E-state index is -0.294. The molecule has 106 valence electrons. The van der Waals surface area contributed by atoms with Gasteiger partial charge in [-0.25, -0.2) is 4.79 Å². The molecule has 0 bridgehead atoms. The number of rotatable bonds is 4. The van der Waals surface area contributed by atoms with Crippen LogP contribution in [0.15, 0.2) is 0 Å². The second-order valence-corrected chi connectivity index (χ2v) is 5.59. The first-order valence-electron chi connectivity index (χ1n) is 7.04. The highest BCUT2D eigenvalue weighted by atomic mass is 16.6. The highest BCUT2D eigenvalue weighted by molar-refractivity contribution is 5.69. The zero-order chi connectivity index (χ0) is 13.8. The lowest BCUT2D eigenvalue weighted by molar-refractivity contribution is -0.118. The van der Waals surface area contributed by atoms with Crippen molar-refractivity contribution >= 4 is 18.7 Å². The van der Waals surface area contributed by atoms with E-state index in [1.165, 1.54) is 0 Å².